The minimum atomic E-state index is 0.495. The second-order valence-electron chi connectivity index (χ2n) is 5.15. The Morgan fingerprint density at radius 2 is 2.36 bits per heavy atom. The number of nitrogens with two attached hydrogens (primary N) is 1. The molecular formula is C11H20N2O. The second-order valence-corrected chi connectivity index (χ2v) is 5.15. The lowest BCUT2D eigenvalue weighted by atomic mass is 9.81. The van der Waals surface area contributed by atoms with E-state index in [0.29, 0.717) is 6.04 Å². The summed E-state index contributed by atoms with van der Waals surface area (Å²) in [6.07, 6.45) is 3.95. The predicted octanol–water partition coefficient (Wildman–Crippen LogP) is 0.444. The first-order valence-corrected chi connectivity index (χ1v) is 5.92. The average molecular weight is 196 g/mol. The molecule has 4 unspecified atom stereocenters. The molecule has 0 aromatic carbocycles. The molecule has 1 aliphatic carbocycles. The Bertz CT molecular complexity index is 215. The van der Waals surface area contributed by atoms with Gasteiger partial charge in [0.1, 0.15) is 0 Å². The molecule has 2 bridgehead atoms. The van der Waals surface area contributed by atoms with Crippen LogP contribution in [0.15, 0.2) is 0 Å². The SMILES string of the molecule is NC1C2CC1N(CCC1CCOC1)C2. The van der Waals surface area contributed by atoms with Crippen LogP contribution in [-0.4, -0.2) is 43.3 Å². The zero-order valence-corrected chi connectivity index (χ0v) is 8.69. The average Bonchev–Trinajstić information content (AvgIpc) is 2.88. The molecule has 0 aromatic heterocycles. The highest BCUT2D eigenvalue weighted by Crippen LogP contribution is 2.39. The zero-order chi connectivity index (χ0) is 9.54. The van der Waals surface area contributed by atoms with Crippen molar-refractivity contribution in [3.05, 3.63) is 0 Å². The molecule has 3 nitrogen and oxygen atoms in total. The third-order valence-corrected chi connectivity index (χ3v) is 4.32. The van der Waals surface area contributed by atoms with Crippen molar-refractivity contribution in [2.45, 2.75) is 31.3 Å². The van der Waals surface area contributed by atoms with E-state index < -0.39 is 0 Å². The van der Waals surface area contributed by atoms with Gasteiger partial charge in [-0.15, -0.1) is 0 Å². The van der Waals surface area contributed by atoms with E-state index in [1.165, 1.54) is 32.4 Å². The number of nitrogens with zero attached hydrogens (tertiary/aromatic N) is 1. The topological polar surface area (TPSA) is 38.5 Å². The van der Waals surface area contributed by atoms with Crippen molar-refractivity contribution in [1.29, 1.82) is 0 Å². The van der Waals surface area contributed by atoms with Gasteiger partial charge in [-0.1, -0.05) is 0 Å². The van der Waals surface area contributed by atoms with E-state index in [0.717, 1.165) is 31.1 Å². The minimum Gasteiger partial charge on any atom is -0.381 e. The Hall–Kier alpha value is -0.120. The normalized spacial score (nSPS) is 46.9. The third-order valence-electron chi connectivity index (χ3n) is 4.32. The highest BCUT2D eigenvalue weighted by molar-refractivity contribution is 5.07. The van der Waals surface area contributed by atoms with Gasteiger partial charge < -0.3 is 10.5 Å². The fourth-order valence-corrected chi connectivity index (χ4v) is 3.18. The Kier molecular flexibility index (Phi) is 2.26. The van der Waals surface area contributed by atoms with Gasteiger partial charge in [0.05, 0.1) is 0 Å². The van der Waals surface area contributed by atoms with Gasteiger partial charge in [0.25, 0.3) is 0 Å². The van der Waals surface area contributed by atoms with Crippen LogP contribution in [-0.2, 0) is 4.74 Å². The molecule has 4 rings (SSSR count). The summed E-state index contributed by atoms with van der Waals surface area (Å²) in [5.74, 6) is 1.64. The molecule has 3 aliphatic heterocycles. The van der Waals surface area contributed by atoms with Crippen LogP contribution >= 0.6 is 0 Å². The minimum absolute atomic E-state index is 0.495. The van der Waals surface area contributed by atoms with Gasteiger partial charge in [-0.3, -0.25) is 4.90 Å². The zero-order valence-electron chi connectivity index (χ0n) is 8.69. The standard InChI is InChI=1S/C11H20N2O/c12-11-9-5-10(11)13(6-9)3-1-8-2-4-14-7-8/h8-11H,1-7,12H2. The van der Waals surface area contributed by atoms with Crippen molar-refractivity contribution < 1.29 is 4.74 Å². The fraction of sp³-hybridized carbons (Fsp3) is 1.00. The molecule has 3 saturated heterocycles. The van der Waals surface area contributed by atoms with Crippen LogP contribution in [0, 0.1) is 11.8 Å². The highest BCUT2D eigenvalue weighted by Gasteiger charge is 2.49. The smallest absolute Gasteiger partial charge is 0.0495 e. The van der Waals surface area contributed by atoms with Crippen molar-refractivity contribution in [1.82, 2.24) is 4.90 Å². The summed E-state index contributed by atoms with van der Waals surface area (Å²) in [7, 11) is 0. The van der Waals surface area contributed by atoms with Crippen molar-refractivity contribution in [2.24, 2.45) is 17.6 Å². The lowest BCUT2D eigenvalue weighted by molar-refractivity contribution is 0.173. The lowest BCUT2D eigenvalue weighted by Gasteiger charge is -2.33. The highest BCUT2D eigenvalue weighted by atomic mass is 16.5. The first kappa shape index (κ1) is 9.13. The molecule has 3 heteroatoms. The van der Waals surface area contributed by atoms with E-state index >= 15 is 0 Å². The molecule has 0 amide bonds. The van der Waals surface area contributed by atoms with Crippen molar-refractivity contribution in [2.75, 3.05) is 26.3 Å². The molecule has 2 N–H and O–H groups in total. The van der Waals surface area contributed by atoms with Gasteiger partial charge in [0, 0.05) is 31.8 Å². The van der Waals surface area contributed by atoms with Crippen LogP contribution in [0.1, 0.15) is 19.3 Å². The first-order valence-electron chi connectivity index (χ1n) is 5.92. The van der Waals surface area contributed by atoms with Crippen LogP contribution in [0.25, 0.3) is 0 Å². The molecule has 0 aromatic rings. The summed E-state index contributed by atoms with van der Waals surface area (Å²) in [6.45, 7) is 4.49. The van der Waals surface area contributed by atoms with Crippen LogP contribution in [0.5, 0.6) is 0 Å². The molecule has 4 fully saturated rings. The largest absolute Gasteiger partial charge is 0.381 e. The molecule has 4 aliphatic rings. The van der Waals surface area contributed by atoms with E-state index in [1.54, 1.807) is 0 Å². The maximum atomic E-state index is 6.04. The van der Waals surface area contributed by atoms with Gasteiger partial charge in [0.15, 0.2) is 0 Å². The van der Waals surface area contributed by atoms with E-state index in [9.17, 15) is 0 Å². The van der Waals surface area contributed by atoms with Crippen LogP contribution < -0.4 is 5.73 Å². The number of rotatable bonds is 3. The van der Waals surface area contributed by atoms with Crippen molar-refractivity contribution in [3.63, 3.8) is 0 Å². The first-order chi connectivity index (χ1) is 6.84. The molecule has 80 valence electrons. The monoisotopic (exact) mass is 196 g/mol. The van der Waals surface area contributed by atoms with E-state index in [-0.39, 0.29) is 0 Å². The summed E-state index contributed by atoms with van der Waals surface area (Å²) >= 11 is 0. The molecule has 14 heavy (non-hydrogen) atoms. The number of fused-ring (bicyclic) bond motifs is 1. The predicted molar refractivity (Wildman–Crippen MR) is 55.0 cm³/mol. The molecule has 3 heterocycles. The summed E-state index contributed by atoms with van der Waals surface area (Å²) in [5, 5.41) is 0. The van der Waals surface area contributed by atoms with Gasteiger partial charge in [-0.05, 0) is 37.6 Å². The van der Waals surface area contributed by atoms with E-state index in [2.05, 4.69) is 4.90 Å². The summed E-state index contributed by atoms with van der Waals surface area (Å²) in [6, 6.07) is 1.22. The Morgan fingerprint density at radius 1 is 1.43 bits per heavy atom. The lowest BCUT2D eigenvalue weighted by Crippen LogP contribution is -2.49. The Balaban J connectivity index is 1.45. The summed E-state index contributed by atoms with van der Waals surface area (Å²) in [4.78, 5) is 2.60. The van der Waals surface area contributed by atoms with Gasteiger partial charge in [-0.2, -0.15) is 0 Å². The molecule has 4 atom stereocenters. The molecular weight excluding hydrogens is 176 g/mol. The van der Waals surface area contributed by atoms with Crippen molar-refractivity contribution >= 4 is 0 Å². The maximum absolute atomic E-state index is 6.04. The number of hydrogen-bond donors (Lipinski definition) is 1. The summed E-state index contributed by atoms with van der Waals surface area (Å²) in [5.41, 5.74) is 6.04. The maximum Gasteiger partial charge on any atom is 0.0495 e. The Morgan fingerprint density at radius 3 is 2.93 bits per heavy atom. The van der Waals surface area contributed by atoms with Crippen LogP contribution in [0.4, 0.5) is 0 Å². The van der Waals surface area contributed by atoms with Gasteiger partial charge in [0.2, 0.25) is 0 Å². The van der Waals surface area contributed by atoms with Crippen LogP contribution in [0.2, 0.25) is 0 Å². The molecule has 0 spiro atoms. The van der Waals surface area contributed by atoms with Crippen LogP contribution in [0.3, 0.4) is 0 Å². The summed E-state index contributed by atoms with van der Waals surface area (Å²) < 4.78 is 5.39. The molecule has 1 saturated carbocycles. The quantitative estimate of drug-likeness (QED) is 0.712. The van der Waals surface area contributed by atoms with Gasteiger partial charge in [-0.25, -0.2) is 0 Å². The Labute approximate surface area is 85.6 Å². The van der Waals surface area contributed by atoms with E-state index in [1.807, 2.05) is 0 Å². The van der Waals surface area contributed by atoms with Crippen molar-refractivity contribution in [3.8, 4) is 0 Å². The number of ether oxygens (including phenoxy) is 1. The van der Waals surface area contributed by atoms with Gasteiger partial charge >= 0.3 is 0 Å². The third kappa shape index (κ3) is 1.38. The second kappa shape index (κ2) is 3.47. The van der Waals surface area contributed by atoms with E-state index in [4.69, 9.17) is 10.5 Å². The molecule has 0 radical (unpaired) electrons. The number of hydrogen-bond acceptors (Lipinski definition) is 3. The fourth-order valence-electron chi connectivity index (χ4n) is 3.18.